The highest BCUT2D eigenvalue weighted by Crippen LogP contribution is 2.18. The molecule has 0 unspecified atom stereocenters. The van der Waals surface area contributed by atoms with Crippen molar-refractivity contribution in [1.82, 2.24) is 4.98 Å². The van der Waals surface area contributed by atoms with Crippen LogP contribution in [0.1, 0.15) is 0 Å². The lowest BCUT2D eigenvalue weighted by atomic mass is 10.2. The van der Waals surface area contributed by atoms with E-state index >= 15 is 0 Å². The Hall–Kier alpha value is -1.22. The molecule has 0 aliphatic carbocycles. The molecular formula is C8H6N2S. The van der Waals surface area contributed by atoms with Gasteiger partial charge in [0.05, 0.1) is 5.69 Å². The van der Waals surface area contributed by atoms with Crippen molar-refractivity contribution in [1.29, 1.82) is 0 Å². The molecule has 0 spiro atoms. The van der Waals surface area contributed by atoms with Crippen molar-refractivity contribution >= 4 is 29.0 Å². The Morgan fingerprint density at radius 3 is 3.00 bits per heavy atom. The number of rotatable bonds is 1. The third-order valence-electron chi connectivity index (χ3n) is 1.64. The average molecular weight is 162 g/mol. The highest BCUT2D eigenvalue weighted by molar-refractivity contribution is 7.47. The molecule has 54 valence electrons. The lowest BCUT2D eigenvalue weighted by Gasteiger charge is -1.90. The highest BCUT2D eigenvalue weighted by Gasteiger charge is 1.93. The standard InChI is InChI=1S/C8H6N2S/c11-10-7-2-1-6-3-4-9-8(6)5-7/h1-5,9H. The Morgan fingerprint density at radius 1 is 1.27 bits per heavy atom. The van der Waals surface area contributed by atoms with E-state index in [1.807, 2.05) is 30.5 Å². The molecule has 1 aromatic carbocycles. The number of aromatic nitrogens is 1. The van der Waals surface area contributed by atoms with Crippen molar-refractivity contribution in [3.63, 3.8) is 0 Å². The summed E-state index contributed by atoms with van der Waals surface area (Å²) in [6.45, 7) is 0. The quantitative estimate of drug-likeness (QED) is 0.685. The van der Waals surface area contributed by atoms with Crippen LogP contribution in [0.3, 0.4) is 0 Å². The summed E-state index contributed by atoms with van der Waals surface area (Å²) in [5, 5.41) is 1.19. The van der Waals surface area contributed by atoms with E-state index in [2.05, 4.69) is 21.8 Å². The molecular weight excluding hydrogens is 156 g/mol. The molecule has 0 radical (unpaired) electrons. The normalized spacial score (nSPS) is 10.2. The van der Waals surface area contributed by atoms with Crippen LogP contribution >= 0.6 is 0 Å². The van der Waals surface area contributed by atoms with E-state index in [-0.39, 0.29) is 0 Å². The Balaban J connectivity index is 2.76. The third-order valence-corrected chi connectivity index (χ3v) is 1.85. The first-order valence-electron chi connectivity index (χ1n) is 3.30. The Bertz CT molecular complexity index is 392. The van der Waals surface area contributed by atoms with Crippen LogP contribution in [-0.2, 0) is 12.4 Å². The maximum absolute atomic E-state index is 4.57. The van der Waals surface area contributed by atoms with Crippen molar-refractivity contribution in [2.75, 3.05) is 0 Å². The Labute approximate surface area is 69.4 Å². The van der Waals surface area contributed by atoms with Gasteiger partial charge < -0.3 is 4.98 Å². The van der Waals surface area contributed by atoms with Gasteiger partial charge in [0, 0.05) is 24.1 Å². The second-order valence-corrected chi connectivity index (χ2v) is 2.52. The second kappa shape index (κ2) is 2.43. The molecule has 2 aromatic rings. The van der Waals surface area contributed by atoms with Gasteiger partial charge in [-0.2, -0.15) is 4.36 Å². The van der Waals surface area contributed by atoms with Gasteiger partial charge in [-0.25, -0.2) is 0 Å². The fourth-order valence-electron chi connectivity index (χ4n) is 1.09. The van der Waals surface area contributed by atoms with Crippen LogP contribution in [0, 0.1) is 0 Å². The predicted octanol–water partition coefficient (Wildman–Crippen LogP) is 2.53. The van der Waals surface area contributed by atoms with E-state index in [9.17, 15) is 0 Å². The summed E-state index contributed by atoms with van der Waals surface area (Å²) in [6, 6.07) is 7.85. The van der Waals surface area contributed by atoms with Crippen molar-refractivity contribution in [3.05, 3.63) is 30.5 Å². The predicted molar refractivity (Wildman–Crippen MR) is 47.8 cm³/mol. The zero-order valence-electron chi connectivity index (χ0n) is 5.74. The minimum atomic E-state index is 0.829. The highest BCUT2D eigenvalue weighted by atomic mass is 32.1. The number of hydrogen-bond acceptors (Lipinski definition) is 2. The van der Waals surface area contributed by atoms with Gasteiger partial charge in [-0.15, -0.1) is 0 Å². The van der Waals surface area contributed by atoms with Gasteiger partial charge in [0.2, 0.25) is 0 Å². The van der Waals surface area contributed by atoms with E-state index in [4.69, 9.17) is 0 Å². The lowest BCUT2D eigenvalue weighted by molar-refractivity contribution is 1.47. The van der Waals surface area contributed by atoms with Gasteiger partial charge in [0.25, 0.3) is 0 Å². The van der Waals surface area contributed by atoms with Crippen LogP contribution in [0.4, 0.5) is 5.69 Å². The molecule has 1 N–H and O–H groups in total. The number of nitrogens with one attached hydrogen (secondary N) is 1. The van der Waals surface area contributed by atoms with Crippen LogP contribution < -0.4 is 0 Å². The first-order chi connectivity index (χ1) is 5.40. The summed E-state index contributed by atoms with van der Waals surface area (Å²) in [5.74, 6) is 0. The van der Waals surface area contributed by atoms with Crippen LogP contribution in [0.15, 0.2) is 34.8 Å². The lowest BCUT2D eigenvalue weighted by Crippen LogP contribution is -1.65. The molecule has 2 nitrogen and oxygen atoms in total. The summed E-state index contributed by atoms with van der Waals surface area (Å²) in [6.07, 6.45) is 1.90. The van der Waals surface area contributed by atoms with Crippen LogP contribution in [-0.4, -0.2) is 4.98 Å². The Kier molecular flexibility index (Phi) is 1.43. The van der Waals surface area contributed by atoms with E-state index in [1.165, 1.54) is 5.39 Å². The maximum atomic E-state index is 4.57. The summed E-state index contributed by atoms with van der Waals surface area (Å²) in [5.41, 5.74) is 1.91. The van der Waals surface area contributed by atoms with E-state index in [0.29, 0.717) is 0 Å². The number of benzene rings is 1. The largest absolute Gasteiger partial charge is 0.361 e. The molecule has 3 heteroatoms. The molecule has 0 bridgehead atoms. The molecule has 0 fully saturated rings. The van der Waals surface area contributed by atoms with Crippen LogP contribution in [0.25, 0.3) is 10.9 Å². The number of hydrogen-bond donors (Lipinski definition) is 1. The van der Waals surface area contributed by atoms with Crippen LogP contribution in [0.5, 0.6) is 0 Å². The zero-order chi connectivity index (χ0) is 7.68. The molecule has 0 saturated heterocycles. The van der Waals surface area contributed by atoms with E-state index in [0.717, 1.165) is 11.2 Å². The fraction of sp³-hybridized carbons (Fsp3) is 0. The number of nitrogens with zero attached hydrogens (tertiary/aromatic N) is 1. The van der Waals surface area contributed by atoms with Crippen molar-refractivity contribution in [2.45, 2.75) is 0 Å². The average Bonchev–Trinajstić information content (AvgIpc) is 2.50. The molecule has 0 amide bonds. The molecule has 1 aromatic heterocycles. The monoisotopic (exact) mass is 162 g/mol. The maximum Gasteiger partial charge on any atom is 0.0790 e. The van der Waals surface area contributed by atoms with Gasteiger partial charge >= 0.3 is 0 Å². The van der Waals surface area contributed by atoms with Crippen molar-refractivity contribution < 1.29 is 0 Å². The number of aromatic amines is 1. The fourth-order valence-corrected chi connectivity index (χ4v) is 1.21. The zero-order valence-corrected chi connectivity index (χ0v) is 6.56. The summed E-state index contributed by atoms with van der Waals surface area (Å²) in [4.78, 5) is 3.09. The van der Waals surface area contributed by atoms with Gasteiger partial charge in [-0.1, -0.05) is 6.07 Å². The minimum absolute atomic E-state index is 0.829. The minimum Gasteiger partial charge on any atom is -0.361 e. The van der Waals surface area contributed by atoms with E-state index in [1.54, 1.807) is 0 Å². The smallest absolute Gasteiger partial charge is 0.0790 e. The second-order valence-electron chi connectivity index (χ2n) is 2.34. The first kappa shape index (κ1) is 6.49. The first-order valence-corrected chi connectivity index (χ1v) is 3.67. The molecule has 11 heavy (non-hydrogen) atoms. The molecule has 2 rings (SSSR count). The molecule has 0 atom stereocenters. The SMILES string of the molecule is S=Nc1ccc2cc[nH]c2c1. The number of fused-ring (bicyclic) bond motifs is 1. The summed E-state index contributed by atoms with van der Waals surface area (Å²) in [7, 11) is 0. The van der Waals surface area contributed by atoms with Gasteiger partial charge in [0.15, 0.2) is 0 Å². The summed E-state index contributed by atoms with van der Waals surface area (Å²) >= 11 is 4.57. The van der Waals surface area contributed by atoms with Crippen molar-refractivity contribution in [2.24, 2.45) is 4.36 Å². The van der Waals surface area contributed by atoms with E-state index < -0.39 is 0 Å². The van der Waals surface area contributed by atoms with Gasteiger partial charge in [-0.3, -0.25) is 0 Å². The topological polar surface area (TPSA) is 28.1 Å². The van der Waals surface area contributed by atoms with Gasteiger partial charge in [0.1, 0.15) is 0 Å². The van der Waals surface area contributed by atoms with Gasteiger partial charge in [-0.05, 0) is 23.6 Å². The Morgan fingerprint density at radius 2 is 2.18 bits per heavy atom. The third kappa shape index (κ3) is 1.03. The number of H-pyrrole nitrogens is 1. The summed E-state index contributed by atoms with van der Waals surface area (Å²) < 4.78 is 3.66. The molecule has 1 heterocycles. The molecule has 0 aliphatic rings. The molecule has 0 saturated carbocycles. The van der Waals surface area contributed by atoms with Crippen molar-refractivity contribution in [3.8, 4) is 0 Å². The van der Waals surface area contributed by atoms with Crippen LogP contribution in [0.2, 0.25) is 0 Å². The molecule has 0 aliphatic heterocycles.